The van der Waals surface area contributed by atoms with Gasteiger partial charge in [-0.1, -0.05) is 19.9 Å². The highest BCUT2D eigenvalue weighted by atomic mass is 16.4. The number of carbonyl (C=O) groups excluding carboxylic acids is 1. The molecule has 0 fully saturated rings. The van der Waals surface area contributed by atoms with E-state index in [0.717, 1.165) is 0 Å². The molecule has 0 amide bonds. The van der Waals surface area contributed by atoms with Gasteiger partial charge >= 0.3 is 5.97 Å². The number of ketones is 1. The minimum Gasteiger partial charge on any atom is -0.478 e. The molecule has 1 rings (SSSR count). The van der Waals surface area contributed by atoms with Crippen LogP contribution in [0.15, 0.2) is 23.3 Å². The molecule has 0 bridgehead atoms. The molecule has 0 atom stereocenters. The lowest BCUT2D eigenvalue weighted by Crippen LogP contribution is -2.24. The van der Waals surface area contributed by atoms with Crippen LogP contribution in [-0.4, -0.2) is 16.9 Å². The average molecular weight is 180 g/mol. The summed E-state index contributed by atoms with van der Waals surface area (Å²) in [4.78, 5) is 22.0. The smallest absolute Gasteiger partial charge is 0.339 e. The Morgan fingerprint density at radius 2 is 2.00 bits per heavy atom. The van der Waals surface area contributed by atoms with Crippen molar-refractivity contribution in [3.8, 4) is 0 Å². The predicted molar refractivity (Wildman–Crippen MR) is 48.3 cm³/mol. The van der Waals surface area contributed by atoms with Crippen LogP contribution in [0.3, 0.4) is 0 Å². The number of carbonyl (C=O) groups is 2. The molecular formula is C10H12O3. The zero-order valence-electron chi connectivity index (χ0n) is 7.92. The number of hydrogen-bond acceptors (Lipinski definition) is 2. The van der Waals surface area contributed by atoms with Gasteiger partial charge in [0.05, 0.1) is 0 Å². The Morgan fingerprint density at radius 1 is 1.46 bits per heavy atom. The molecule has 1 aliphatic carbocycles. The van der Waals surface area contributed by atoms with Gasteiger partial charge in [0.15, 0.2) is 5.78 Å². The van der Waals surface area contributed by atoms with Crippen molar-refractivity contribution < 1.29 is 14.7 Å². The minimum absolute atomic E-state index is 0.0903. The van der Waals surface area contributed by atoms with E-state index in [0.29, 0.717) is 5.57 Å². The van der Waals surface area contributed by atoms with Gasteiger partial charge in [0.25, 0.3) is 0 Å². The van der Waals surface area contributed by atoms with Crippen molar-refractivity contribution in [2.45, 2.75) is 20.8 Å². The van der Waals surface area contributed by atoms with E-state index in [1.54, 1.807) is 13.0 Å². The maximum atomic E-state index is 11.2. The topological polar surface area (TPSA) is 54.4 Å². The van der Waals surface area contributed by atoms with E-state index < -0.39 is 11.8 Å². The average Bonchev–Trinajstić information content (AvgIpc) is 1.98. The fraction of sp³-hybridized carbons (Fsp3) is 0.400. The molecule has 0 aromatic carbocycles. The van der Waals surface area contributed by atoms with E-state index in [1.165, 1.54) is 6.08 Å². The van der Waals surface area contributed by atoms with Crippen LogP contribution in [0.25, 0.3) is 0 Å². The molecule has 13 heavy (non-hydrogen) atoms. The molecule has 0 radical (unpaired) electrons. The molecule has 0 aromatic rings. The molecule has 1 aliphatic rings. The minimum atomic E-state index is -1.14. The first-order chi connectivity index (χ1) is 5.86. The van der Waals surface area contributed by atoms with Crippen LogP contribution in [0, 0.1) is 5.41 Å². The lowest BCUT2D eigenvalue weighted by atomic mass is 9.77. The molecule has 0 aromatic heterocycles. The summed E-state index contributed by atoms with van der Waals surface area (Å²) >= 11 is 0. The maximum absolute atomic E-state index is 11.2. The monoisotopic (exact) mass is 180 g/mol. The Bertz CT molecular complexity index is 332. The van der Waals surface area contributed by atoms with Crippen LogP contribution in [0.5, 0.6) is 0 Å². The number of allylic oxidation sites excluding steroid dienone is 3. The third-order valence-electron chi connectivity index (χ3n) is 2.45. The third kappa shape index (κ3) is 1.54. The van der Waals surface area contributed by atoms with Gasteiger partial charge in [0, 0.05) is 5.41 Å². The summed E-state index contributed by atoms with van der Waals surface area (Å²) in [5, 5.41) is 8.80. The summed E-state index contributed by atoms with van der Waals surface area (Å²) in [6, 6.07) is 0. The first kappa shape index (κ1) is 9.71. The van der Waals surface area contributed by atoms with Gasteiger partial charge in [0.2, 0.25) is 0 Å². The van der Waals surface area contributed by atoms with E-state index in [4.69, 9.17) is 5.11 Å². The number of carboxylic acids is 1. The molecular weight excluding hydrogens is 168 g/mol. The van der Waals surface area contributed by atoms with E-state index in [9.17, 15) is 9.59 Å². The Kier molecular flexibility index (Phi) is 2.12. The zero-order valence-corrected chi connectivity index (χ0v) is 7.92. The number of carboxylic acid groups (broad SMARTS) is 1. The second-order valence-corrected chi connectivity index (χ2v) is 3.72. The van der Waals surface area contributed by atoms with Crippen LogP contribution in [0.2, 0.25) is 0 Å². The van der Waals surface area contributed by atoms with Crippen molar-refractivity contribution >= 4 is 11.8 Å². The Morgan fingerprint density at radius 3 is 2.38 bits per heavy atom. The second kappa shape index (κ2) is 2.83. The summed E-state index contributed by atoms with van der Waals surface area (Å²) in [6.45, 7) is 5.45. The summed E-state index contributed by atoms with van der Waals surface area (Å²) in [5.74, 6) is -1.55. The first-order valence-electron chi connectivity index (χ1n) is 4.04. The van der Waals surface area contributed by atoms with Gasteiger partial charge in [-0.25, -0.2) is 4.79 Å². The quantitative estimate of drug-likeness (QED) is 0.623. The van der Waals surface area contributed by atoms with E-state index >= 15 is 0 Å². The highest BCUT2D eigenvalue weighted by Gasteiger charge is 2.30. The van der Waals surface area contributed by atoms with Crippen molar-refractivity contribution in [2.75, 3.05) is 0 Å². The van der Waals surface area contributed by atoms with Crippen LogP contribution in [-0.2, 0) is 9.59 Å². The Labute approximate surface area is 76.8 Å². The Hall–Kier alpha value is -1.38. The summed E-state index contributed by atoms with van der Waals surface area (Å²) < 4.78 is 0. The standard InChI is InChI=1S/C10H12O3/c1-6-8(9(12)13)7(11)4-5-10(6,2)3/h4-5H,1-3H3,(H,12,13). The molecule has 0 unspecified atom stereocenters. The normalized spacial score (nSPS) is 20.7. The van der Waals surface area contributed by atoms with Crippen LogP contribution in [0.4, 0.5) is 0 Å². The molecule has 70 valence electrons. The van der Waals surface area contributed by atoms with E-state index in [2.05, 4.69) is 0 Å². The summed E-state index contributed by atoms with van der Waals surface area (Å²) in [7, 11) is 0. The highest BCUT2D eigenvalue weighted by Crippen LogP contribution is 2.33. The number of rotatable bonds is 1. The van der Waals surface area contributed by atoms with Gasteiger partial charge in [-0.05, 0) is 18.6 Å². The van der Waals surface area contributed by atoms with Crippen LogP contribution < -0.4 is 0 Å². The second-order valence-electron chi connectivity index (χ2n) is 3.72. The number of aliphatic carboxylic acids is 1. The van der Waals surface area contributed by atoms with E-state index in [-0.39, 0.29) is 11.0 Å². The lowest BCUT2D eigenvalue weighted by Gasteiger charge is -2.26. The van der Waals surface area contributed by atoms with Gasteiger partial charge in [-0.15, -0.1) is 0 Å². The third-order valence-corrected chi connectivity index (χ3v) is 2.45. The first-order valence-corrected chi connectivity index (χ1v) is 4.04. The Balaban J connectivity index is 3.28. The molecule has 0 saturated carbocycles. The molecule has 3 nitrogen and oxygen atoms in total. The molecule has 3 heteroatoms. The van der Waals surface area contributed by atoms with E-state index in [1.807, 2.05) is 13.8 Å². The highest BCUT2D eigenvalue weighted by molar-refractivity contribution is 6.22. The fourth-order valence-electron chi connectivity index (χ4n) is 1.27. The molecule has 0 heterocycles. The zero-order chi connectivity index (χ0) is 10.2. The summed E-state index contributed by atoms with van der Waals surface area (Å²) in [5.41, 5.74) is 0.196. The van der Waals surface area contributed by atoms with Crippen molar-refractivity contribution in [3.63, 3.8) is 0 Å². The fourth-order valence-corrected chi connectivity index (χ4v) is 1.27. The van der Waals surface area contributed by atoms with Gasteiger partial charge in [-0.3, -0.25) is 4.79 Å². The molecule has 1 N–H and O–H groups in total. The molecule has 0 spiro atoms. The SMILES string of the molecule is CC1=C(C(=O)O)C(=O)C=CC1(C)C. The largest absolute Gasteiger partial charge is 0.478 e. The van der Waals surface area contributed by atoms with Crippen LogP contribution in [0.1, 0.15) is 20.8 Å². The van der Waals surface area contributed by atoms with Crippen molar-refractivity contribution in [1.82, 2.24) is 0 Å². The molecule has 0 aliphatic heterocycles. The molecule has 0 saturated heterocycles. The lowest BCUT2D eigenvalue weighted by molar-refractivity contribution is -0.134. The maximum Gasteiger partial charge on any atom is 0.339 e. The van der Waals surface area contributed by atoms with Gasteiger partial charge in [0.1, 0.15) is 5.57 Å². The predicted octanol–water partition coefficient (Wildman–Crippen LogP) is 1.55. The number of hydrogen-bond donors (Lipinski definition) is 1. The van der Waals surface area contributed by atoms with Gasteiger partial charge in [-0.2, -0.15) is 0 Å². The van der Waals surface area contributed by atoms with Gasteiger partial charge < -0.3 is 5.11 Å². The van der Waals surface area contributed by atoms with Crippen molar-refractivity contribution in [3.05, 3.63) is 23.3 Å². The van der Waals surface area contributed by atoms with Crippen molar-refractivity contribution in [1.29, 1.82) is 0 Å². The van der Waals surface area contributed by atoms with Crippen LogP contribution >= 0.6 is 0 Å². The summed E-state index contributed by atoms with van der Waals surface area (Å²) in [6.07, 6.45) is 3.06. The van der Waals surface area contributed by atoms with Crippen molar-refractivity contribution in [2.24, 2.45) is 5.41 Å².